The second kappa shape index (κ2) is 8.19. The van der Waals surface area contributed by atoms with Gasteiger partial charge in [0.1, 0.15) is 0 Å². The van der Waals surface area contributed by atoms with Crippen LogP contribution in [0.2, 0.25) is 0 Å². The number of amides is 1. The highest BCUT2D eigenvalue weighted by molar-refractivity contribution is 7.99. The minimum absolute atomic E-state index is 0.0549. The van der Waals surface area contributed by atoms with Crippen molar-refractivity contribution in [1.29, 1.82) is 0 Å². The zero-order chi connectivity index (χ0) is 20.2. The molecule has 0 aliphatic rings. The Bertz CT molecular complexity index is 1130. The van der Waals surface area contributed by atoms with Gasteiger partial charge in [-0.1, -0.05) is 23.9 Å². The molecule has 4 rings (SSSR count). The maximum atomic E-state index is 12.4. The summed E-state index contributed by atoms with van der Waals surface area (Å²) in [6, 6.07) is 14.2. The van der Waals surface area contributed by atoms with Gasteiger partial charge in [0.15, 0.2) is 11.5 Å². The molecule has 0 bridgehead atoms. The summed E-state index contributed by atoms with van der Waals surface area (Å²) in [5.74, 6) is 0.965. The summed E-state index contributed by atoms with van der Waals surface area (Å²) in [4.78, 5) is 23.9. The Balaban J connectivity index is 1.51. The van der Waals surface area contributed by atoms with Crippen LogP contribution in [0.25, 0.3) is 11.6 Å². The number of carbonyl (C=O) groups excluding carboxylic acids is 2. The van der Waals surface area contributed by atoms with E-state index in [0.717, 1.165) is 0 Å². The van der Waals surface area contributed by atoms with E-state index >= 15 is 0 Å². The molecule has 1 aromatic carbocycles. The largest absolute Gasteiger partial charge is 0.461 e. The molecule has 0 fully saturated rings. The van der Waals surface area contributed by atoms with Crippen molar-refractivity contribution in [1.82, 2.24) is 19.5 Å². The highest BCUT2D eigenvalue weighted by Crippen LogP contribution is 2.25. The van der Waals surface area contributed by atoms with Crippen LogP contribution in [-0.2, 0) is 4.79 Å². The predicted octanol–water partition coefficient (Wildman–Crippen LogP) is 3.58. The van der Waals surface area contributed by atoms with Crippen molar-refractivity contribution < 1.29 is 14.0 Å². The van der Waals surface area contributed by atoms with Gasteiger partial charge in [0, 0.05) is 23.6 Å². The number of ketones is 1. The smallest absolute Gasteiger partial charge is 0.234 e. The lowest BCUT2D eigenvalue weighted by Crippen LogP contribution is -2.16. The molecule has 0 aliphatic heterocycles. The van der Waals surface area contributed by atoms with E-state index in [0.29, 0.717) is 28.0 Å². The molecule has 29 heavy (non-hydrogen) atoms. The summed E-state index contributed by atoms with van der Waals surface area (Å²) in [5.41, 5.74) is 1.12. The molecule has 0 aliphatic carbocycles. The first-order chi connectivity index (χ1) is 14.1. The Morgan fingerprint density at radius 1 is 1.10 bits per heavy atom. The Hall–Kier alpha value is -3.59. The molecule has 0 atom stereocenters. The van der Waals surface area contributed by atoms with Gasteiger partial charge in [-0.05, 0) is 43.3 Å². The molecule has 0 unspecified atom stereocenters. The van der Waals surface area contributed by atoms with Gasteiger partial charge in [-0.2, -0.15) is 0 Å². The molecule has 0 saturated heterocycles. The lowest BCUT2D eigenvalue weighted by Gasteiger charge is -2.10. The third kappa shape index (κ3) is 4.14. The van der Waals surface area contributed by atoms with Crippen LogP contribution < -0.4 is 5.32 Å². The lowest BCUT2D eigenvalue weighted by molar-refractivity contribution is -0.113. The Kier molecular flexibility index (Phi) is 5.30. The molecule has 0 spiro atoms. The van der Waals surface area contributed by atoms with E-state index in [9.17, 15) is 9.59 Å². The number of hydrogen-bond acceptors (Lipinski definition) is 6. The zero-order valence-electron chi connectivity index (χ0n) is 15.5. The van der Waals surface area contributed by atoms with E-state index in [4.69, 9.17) is 4.42 Å². The van der Waals surface area contributed by atoms with E-state index in [1.807, 2.05) is 29.2 Å². The number of rotatable bonds is 7. The number of carbonyl (C=O) groups is 2. The number of Topliss-reactive ketones (excluding diaryl/α,β-unsaturated/α-hetero) is 1. The third-order valence-electron chi connectivity index (χ3n) is 4.06. The standard InChI is InChI=1S/C20H17N5O3S/c1-14(26)15-6-4-7-16(12-15)21-18(27)13-29-20-23-22-19(17-8-5-11-28-17)25(20)24-9-2-3-10-24/h2-12H,13H2,1H3,(H,21,27). The number of aromatic nitrogens is 4. The topological polar surface area (TPSA) is 95.0 Å². The maximum Gasteiger partial charge on any atom is 0.234 e. The van der Waals surface area contributed by atoms with Crippen LogP contribution in [0.1, 0.15) is 17.3 Å². The number of anilines is 1. The van der Waals surface area contributed by atoms with E-state index in [1.54, 1.807) is 47.3 Å². The number of benzene rings is 1. The Morgan fingerprint density at radius 3 is 2.66 bits per heavy atom. The van der Waals surface area contributed by atoms with Crippen molar-refractivity contribution in [3.63, 3.8) is 0 Å². The van der Waals surface area contributed by atoms with E-state index < -0.39 is 0 Å². The van der Waals surface area contributed by atoms with Crippen molar-refractivity contribution in [3.05, 3.63) is 72.8 Å². The quantitative estimate of drug-likeness (QED) is 0.372. The fraction of sp³-hybridized carbons (Fsp3) is 0.100. The monoisotopic (exact) mass is 407 g/mol. The predicted molar refractivity (Wildman–Crippen MR) is 109 cm³/mol. The third-order valence-corrected chi connectivity index (χ3v) is 4.98. The van der Waals surface area contributed by atoms with Gasteiger partial charge in [0.2, 0.25) is 16.9 Å². The highest BCUT2D eigenvalue weighted by Gasteiger charge is 2.18. The number of nitrogens with zero attached hydrogens (tertiary/aromatic N) is 4. The fourth-order valence-electron chi connectivity index (χ4n) is 2.72. The number of nitrogens with one attached hydrogen (secondary N) is 1. The lowest BCUT2D eigenvalue weighted by atomic mass is 10.1. The van der Waals surface area contributed by atoms with Gasteiger partial charge in [0.25, 0.3) is 0 Å². The minimum Gasteiger partial charge on any atom is -0.461 e. The van der Waals surface area contributed by atoms with Crippen molar-refractivity contribution in [3.8, 4) is 11.6 Å². The van der Waals surface area contributed by atoms with Crippen LogP contribution in [-0.4, -0.2) is 37.0 Å². The van der Waals surface area contributed by atoms with Crippen molar-refractivity contribution in [2.45, 2.75) is 12.1 Å². The van der Waals surface area contributed by atoms with Gasteiger partial charge in [0.05, 0.1) is 12.0 Å². The molecular formula is C20H17N5O3S. The molecule has 0 radical (unpaired) electrons. The Morgan fingerprint density at radius 2 is 1.93 bits per heavy atom. The molecular weight excluding hydrogens is 390 g/mol. The Labute approximate surface area is 170 Å². The van der Waals surface area contributed by atoms with Crippen LogP contribution in [0, 0.1) is 0 Å². The van der Waals surface area contributed by atoms with Gasteiger partial charge in [-0.3, -0.25) is 14.3 Å². The van der Waals surface area contributed by atoms with E-state index in [-0.39, 0.29) is 17.4 Å². The maximum absolute atomic E-state index is 12.4. The number of thioether (sulfide) groups is 1. The van der Waals surface area contributed by atoms with Crippen LogP contribution in [0.15, 0.2) is 76.8 Å². The molecule has 3 aromatic heterocycles. The van der Waals surface area contributed by atoms with E-state index in [2.05, 4.69) is 15.5 Å². The summed E-state index contributed by atoms with van der Waals surface area (Å²) in [5, 5.41) is 11.8. The average molecular weight is 407 g/mol. The second-order valence-electron chi connectivity index (χ2n) is 6.13. The van der Waals surface area contributed by atoms with Gasteiger partial charge < -0.3 is 9.73 Å². The van der Waals surface area contributed by atoms with E-state index in [1.165, 1.54) is 18.7 Å². The van der Waals surface area contributed by atoms with Crippen molar-refractivity contribution >= 4 is 29.1 Å². The molecule has 9 heteroatoms. The normalized spacial score (nSPS) is 10.8. The van der Waals surface area contributed by atoms with Gasteiger partial charge in [-0.15, -0.1) is 10.2 Å². The zero-order valence-corrected chi connectivity index (χ0v) is 16.3. The van der Waals surface area contributed by atoms with Crippen molar-refractivity contribution in [2.24, 2.45) is 0 Å². The first-order valence-corrected chi connectivity index (χ1v) is 9.77. The highest BCUT2D eigenvalue weighted by atomic mass is 32.2. The molecule has 3 heterocycles. The summed E-state index contributed by atoms with van der Waals surface area (Å²) >= 11 is 1.25. The molecule has 0 saturated carbocycles. The fourth-order valence-corrected chi connectivity index (χ4v) is 3.46. The van der Waals surface area contributed by atoms with Crippen LogP contribution in [0.4, 0.5) is 5.69 Å². The number of furan rings is 1. The van der Waals surface area contributed by atoms with Crippen molar-refractivity contribution in [2.75, 3.05) is 11.1 Å². The first kappa shape index (κ1) is 18.8. The summed E-state index contributed by atoms with van der Waals surface area (Å²) in [6.07, 6.45) is 5.28. The molecule has 8 nitrogen and oxygen atoms in total. The first-order valence-electron chi connectivity index (χ1n) is 8.78. The second-order valence-corrected chi connectivity index (χ2v) is 7.07. The summed E-state index contributed by atoms with van der Waals surface area (Å²) in [6.45, 7) is 1.49. The SMILES string of the molecule is CC(=O)c1cccc(NC(=O)CSc2nnc(-c3ccco3)n2-n2cccc2)c1. The molecule has 4 aromatic rings. The number of hydrogen-bond donors (Lipinski definition) is 1. The average Bonchev–Trinajstić information content (AvgIpc) is 3.47. The summed E-state index contributed by atoms with van der Waals surface area (Å²) < 4.78 is 9.04. The minimum atomic E-state index is -0.211. The summed E-state index contributed by atoms with van der Waals surface area (Å²) in [7, 11) is 0. The van der Waals surface area contributed by atoms with Crippen LogP contribution in [0.5, 0.6) is 0 Å². The van der Waals surface area contributed by atoms with Gasteiger partial charge >= 0.3 is 0 Å². The van der Waals surface area contributed by atoms with Crippen LogP contribution >= 0.6 is 11.8 Å². The molecule has 1 N–H and O–H groups in total. The van der Waals surface area contributed by atoms with Crippen LogP contribution in [0.3, 0.4) is 0 Å². The molecule has 146 valence electrons. The van der Waals surface area contributed by atoms with Gasteiger partial charge in [-0.25, -0.2) is 4.68 Å². The molecule has 1 amide bonds.